The molecule has 0 bridgehead atoms. The van der Waals surface area contributed by atoms with E-state index in [1.54, 1.807) is 20.2 Å². The van der Waals surface area contributed by atoms with Crippen LogP contribution in [-0.4, -0.2) is 24.9 Å². The van der Waals surface area contributed by atoms with Gasteiger partial charge in [-0.1, -0.05) is 0 Å². The number of nitrogens with two attached hydrogens (primary N) is 1. The van der Waals surface area contributed by atoms with E-state index in [1.165, 1.54) is 17.0 Å². The maximum absolute atomic E-state index is 13.6. The number of nitrogens with zero attached hydrogens (tertiary/aromatic N) is 1. The van der Waals surface area contributed by atoms with E-state index in [9.17, 15) is 13.6 Å². The lowest BCUT2D eigenvalue weighted by molar-refractivity contribution is 0.0825. The van der Waals surface area contributed by atoms with Gasteiger partial charge in [0.1, 0.15) is 11.6 Å². The van der Waals surface area contributed by atoms with Gasteiger partial charge in [-0.3, -0.25) is 4.79 Å². The highest BCUT2D eigenvalue weighted by atomic mass is 19.1. The van der Waals surface area contributed by atoms with E-state index in [4.69, 9.17) is 10.5 Å². The Morgan fingerprint density at radius 2 is 1.81 bits per heavy atom. The lowest BCUT2D eigenvalue weighted by Gasteiger charge is -2.15. The lowest BCUT2D eigenvalue weighted by Crippen LogP contribution is -2.22. The molecule has 0 aliphatic heterocycles. The molecule has 0 aromatic heterocycles. The van der Waals surface area contributed by atoms with Crippen LogP contribution in [0.2, 0.25) is 0 Å². The number of nitrogen functional groups attached to an aromatic ring is 1. The number of carbonyl (C=O) groups is 1. The van der Waals surface area contributed by atoms with Gasteiger partial charge in [-0.05, 0) is 24.3 Å². The van der Waals surface area contributed by atoms with E-state index < -0.39 is 11.6 Å². The first-order valence-corrected chi connectivity index (χ1v) is 6.12. The molecule has 2 aromatic rings. The van der Waals surface area contributed by atoms with Crippen LogP contribution in [0.25, 0.3) is 0 Å². The summed E-state index contributed by atoms with van der Waals surface area (Å²) in [5.41, 5.74) is 6.26. The molecule has 21 heavy (non-hydrogen) atoms. The summed E-state index contributed by atoms with van der Waals surface area (Å²) in [5.74, 6) is -1.96. The number of rotatable bonds is 3. The monoisotopic (exact) mass is 292 g/mol. The Morgan fingerprint density at radius 1 is 1.10 bits per heavy atom. The molecular weight excluding hydrogens is 278 g/mol. The third-order valence-electron chi connectivity index (χ3n) is 2.76. The summed E-state index contributed by atoms with van der Waals surface area (Å²) in [6, 6.07) is 7.38. The fourth-order valence-electron chi connectivity index (χ4n) is 1.72. The van der Waals surface area contributed by atoms with Crippen LogP contribution in [0.3, 0.4) is 0 Å². The van der Waals surface area contributed by atoms with Crippen molar-refractivity contribution in [1.82, 2.24) is 4.90 Å². The van der Waals surface area contributed by atoms with Crippen LogP contribution >= 0.6 is 0 Å². The van der Waals surface area contributed by atoms with Gasteiger partial charge in [-0.2, -0.15) is 0 Å². The van der Waals surface area contributed by atoms with Crippen molar-refractivity contribution in [3.63, 3.8) is 0 Å². The number of hydrogen-bond acceptors (Lipinski definition) is 3. The summed E-state index contributed by atoms with van der Waals surface area (Å²) < 4.78 is 31.9. The first-order valence-electron chi connectivity index (χ1n) is 6.12. The Balaban J connectivity index is 2.43. The van der Waals surface area contributed by atoms with Gasteiger partial charge >= 0.3 is 0 Å². The van der Waals surface area contributed by atoms with Crippen LogP contribution in [0.5, 0.6) is 11.5 Å². The number of amides is 1. The fraction of sp³-hybridized carbons (Fsp3) is 0.133. The number of ether oxygens (including phenoxy) is 1. The SMILES string of the molecule is CN(C)C(=O)c1ccc(N)cc1Oc1ccc(F)cc1F. The van der Waals surface area contributed by atoms with Gasteiger partial charge in [0.15, 0.2) is 11.6 Å². The zero-order valence-electron chi connectivity index (χ0n) is 11.6. The average molecular weight is 292 g/mol. The van der Waals surface area contributed by atoms with Crippen molar-refractivity contribution in [3.05, 3.63) is 53.6 Å². The molecule has 110 valence electrons. The molecule has 1 amide bonds. The highest BCUT2D eigenvalue weighted by molar-refractivity contribution is 5.97. The normalized spacial score (nSPS) is 10.3. The Kier molecular flexibility index (Phi) is 4.07. The minimum absolute atomic E-state index is 0.110. The zero-order chi connectivity index (χ0) is 15.6. The molecule has 4 nitrogen and oxygen atoms in total. The van der Waals surface area contributed by atoms with E-state index in [-0.39, 0.29) is 23.0 Å². The van der Waals surface area contributed by atoms with Crippen LogP contribution in [0, 0.1) is 11.6 Å². The molecule has 2 N–H and O–H groups in total. The predicted octanol–water partition coefficient (Wildman–Crippen LogP) is 3.04. The molecule has 0 saturated carbocycles. The summed E-state index contributed by atoms with van der Waals surface area (Å²) in [6.45, 7) is 0. The largest absolute Gasteiger partial charge is 0.453 e. The summed E-state index contributed by atoms with van der Waals surface area (Å²) in [7, 11) is 3.17. The molecule has 0 atom stereocenters. The van der Waals surface area contributed by atoms with Crippen LogP contribution < -0.4 is 10.5 Å². The first kappa shape index (κ1) is 14.8. The van der Waals surface area contributed by atoms with Crippen molar-refractivity contribution in [1.29, 1.82) is 0 Å². The molecule has 0 fully saturated rings. The first-order chi connectivity index (χ1) is 9.88. The molecule has 0 radical (unpaired) electrons. The molecule has 0 aliphatic carbocycles. The number of anilines is 1. The van der Waals surface area contributed by atoms with Gasteiger partial charge in [-0.25, -0.2) is 8.78 Å². The minimum atomic E-state index is -0.860. The second kappa shape index (κ2) is 5.78. The molecule has 0 heterocycles. The third kappa shape index (κ3) is 3.28. The van der Waals surface area contributed by atoms with Crippen molar-refractivity contribution in [2.24, 2.45) is 0 Å². The number of hydrogen-bond donors (Lipinski definition) is 1. The topological polar surface area (TPSA) is 55.6 Å². The Hall–Kier alpha value is -2.63. The number of halogens is 2. The molecule has 2 aromatic carbocycles. The lowest BCUT2D eigenvalue weighted by atomic mass is 10.1. The third-order valence-corrected chi connectivity index (χ3v) is 2.76. The van der Waals surface area contributed by atoms with Crippen molar-refractivity contribution in [2.45, 2.75) is 0 Å². The van der Waals surface area contributed by atoms with E-state index in [1.807, 2.05) is 0 Å². The molecule has 0 saturated heterocycles. The molecule has 0 spiro atoms. The van der Waals surface area contributed by atoms with Gasteiger partial charge in [-0.15, -0.1) is 0 Å². The van der Waals surface area contributed by atoms with Crippen LogP contribution in [0.1, 0.15) is 10.4 Å². The Bertz CT molecular complexity index is 687. The number of carbonyl (C=O) groups excluding carboxylic acids is 1. The molecule has 0 aliphatic rings. The van der Waals surface area contributed by atoms with Crippen LogP contribution in [0.15, 0.2) is 36.4 Å². The maximum Gasteiger partial charge on any atom is 0.257 e. The molecule has 0 unspecified atom stereocenters. The van der Waals surface area contributed by atoms with Crippen molar-refractivity contribution < 1.29 is 18.3 Å². The quantitative estimate of drug-likeness (QED) is 0.885. The highest BCUT2D eigenvalue weighted by Crippen LogP contribution is 2.30. The van der Waals surface area contributed by atoms with Gasteiger partial charge in [0.05, 0.1) is 5.56 Å². The predicted molar refractivity (Wildman–Crippen MR) is 75.3 cm³/mol. The second-order valence-electron chi connectivity index (χ2n) is 4.63. The molecule has 6 heteroatoms. The van der Waals surface area contributed by atoms with Crippen LogP contribution in [-0.2, 0) is 0 Å². The fourth-order valence-corrected chi connectivity index (χ4v) is 1.72. The smallest absolute Gasteiger partial charge is 0.257 e. The van der Waals surface area contributed by atoms with E-state index >= 15 is 0 Å². The zero-order valence-corrected chi connectivity index (χ0v) is 11.6. The van der Waals surface area contributed by atoms with Crippen molar-refractivity contribution in [2.75, 3.05) is 19.8 Å². The number of benzene rings is 2. The Labute approximate surface area is 120 Å². The maximum atomic E-state index is 13.6. The van der Waals surface area contributed by atoms with Crippen molar-refractivity contribution >= 4 is 11.6 Å². The minimum Gasteiger partial charge on any atom is -0.453 e. The summed E-state index contributed by atoms with van der Waals surface area (Å²) in [5, 5.41) is 0. The second-order valence-corrected chi connectivity index (χ2v) is 4.63. The summed E-state index contributed by atoms with van der Waals surface area (Å²) >= 11 is 0. The highest BCUT2D eigenvalue weighted by Gasteiger charge is 2.17. The van der Waals surface area contributed by atoms with E-state index in [2.05, 4.69) is 0 Å². The average Bonchev–Trinajstić information content (AvgIpc) is 2.41. The summed E-state index contributed by atoms with van der Waals surface area (Å²) in [6.07, 6.45) is 0. The summed E-state index contributed by atoms with van der Waals surface area (Å²) in [4.78, 5) is 13.4. The van der Waals surface area contributed by atoms with Crippen LogP contribution in [0.4, 0.5) is 14.5 Å². The van der Waals surface area contributed by atoms with Gasteiger partial charge in [0, 0.05) is 31.9 Å². The molecule has 2 rings (SSSR count). The van der Waals surface area contributed by atoms with Gasteiger partial charge in [0.2, 0.25) is 0 Å². The van der Waals surface area contributed by atoms with Gasteiger partial charge < -0.3 is 15.4 Å². The van der Waals surface area contributed by atoms with Gasteiger partial charge in [0.25, 0.3) is 5.91 Å². The van der Waals surface area contributed by atoms with Crippen molar-refractivity contribution in [3.8, 4) is 11.5 Å². The standard InChI is InChI=1S/C15H14F2N2O2/c1-19(2)15(20)11-5-4-10(18)8-14(11)21-13-6-3-9(16)7-12(13)17/h3-8H,18H2,1-2H3. The Morgan fingerprint density at radius 3 is 2.43 bits per heavy atom. The van der Waals surface area contributed by atoms with E-state index in [0.717, 1.165) is 12.1 Å². The van der Waals surface area contributed by atoms with E-state index in [0.29, 0.717) is 11.8 Å². The molecular formula is C15H14F2N2O2.